The van der Waals surface area contributed by atoms with Gasteiger partial charge in [-0.05, 0) is 50.1 Å². The zero-order chi connectivity index (χ0) is 15.4. The van der Waals surface area contributed by atoms with Gasteiger partial charge in [-0.3, -0.25) is 0 Å². The number of nitrogens with one attached hydrogen (secondary N) is 1. The number of halogens is 2. The van der Waals surface area contributed by atoms with Gasteiger partial charge in [0.15, 0.2) is 0 Å². The van der Waals surface area contributed by atoms with Crippen molar-refractivity contribution in [3.63, 3.8) is 0 Å². The van der Waals surface area contributed by atoms with Gasteiger partial charge in [-0.1, -0.05) is 6.07 Å². The normalized spacial score (nSPS) is 10.5. The fourth-order valence-electron chi connectivity index (χ4n) is 1.89. The predicted molar refractivity (Wildman–Crippen MR) is 82.8 cm³/mol. The lowest BCUT2D eigenvalue weighted by Gasteiger charge is -2.18. The van der Waals surface area contributed by atoms with Crippen LogP contribution in [0.2, 0.25) is 5.28 Å². The van der Waals surface area contributed by atoms with Gasteiger partial charge >= 0.3 is 0 Å². The van der Waals surface area contributed by atoms with Crippen molar-refractivity contribution < 1.29 is 4.39 Å². The summed E-state index contributed by atoms with van der Waals surface area (Å²) in [5, 5.41) is 2.91. The molecular formula is C14H17ClFN5. The summed E-state index contributed by atoms with van der Waals surface area (Å²) in [5.41, 5.74) is 1.14. The van der Waals surface area contributed by atoms with Crippen LogP contribution in [0.15, 0.2) is 18.2 Å². The number of hydrogen-bond acceptors (Lipinski definition) is 5. The molecule has 7 heteroatoms. The first-order valence-corrected chi connectivity index (χ1v) is 7.11. The van der Waals surface area contributed by atoms with Crippen LogP contribution in [-0.2, 0) is 0 Å². The Morgan fingerprint density at radius 3 is 2.52 bits per heavy atom. The van der Waals surface area contributed by atoms with Crippen molar-refractivity contribution >= 4 is 29.2 Å². The van der Waals surface area contributed by atoms with Crippen LogP contribution in [0.4, 0.5) is 22.0 Å². The quantitative estimate of drug-likeness (QED) is 0.915. The standard InChI is InChI=1S/C14H17ClFN5/c1-4-21(5-2)14-19-12(15)18-13(20-14)17-11-7-6-9(3)8-10(11)16/h6-8H,4-5H2,1-3H3,(H,17,18,19,20). The van der Waals surface area contributed by atoms with Crippen molar-refractivity contribution in [1.82, 2.24) is 15.0 Å². The third kappa shape index (κ3) is 3.78. The van der Waals surface area contributed by atoms with Crippen LogP contribution in [-0.4, -0.2) is 28.0 Å². The van der Waals surface area contributed by atoms with Crippen LogP contribution in [0.1, 0.15) is 19.4 Å². The minimum absolute atomic E-state index is 0.0712. The Morgan fingerprint density at radius 2 is 1.90 bits per heavy atom. The zero-order valence-electron chi connectivity index (χ0n) is 12.2. The SMILES string of the molecule is CCN(CC)c1nc(Cl)nc(Nc2ccc(C)cc2F)n1. The molecule has 2 aromatic rings. The smallest absolute Gasteiger partial charge is 0.233 e. The summed E-state index contributed by atoms with van der Waals surface area (Å²) in [6.07, 6.45) is 0. The largest absolute Gasteiger partial charge is 0.341 e. The van der Waals surface area contributed by atoms with E-state index in [1.54, 1.807) is 12.1 Å². The van der Waals surface area contributed by atoms with E-state index in [2.05, 4.69) is 20.3 Å². The van der Waals surface area contributed by atoms with E-state index in [9.17, 15) is 4.39 Å². The maximum Gasteiger partial charge on any atom is 0.233 e. The Kier molecular flexibility index (Phi) is 4.90. The Bertz CT molecular complexity index is 631. The van der Waals surface area contributed by atoms with E-state index in [1.165, 1.54) is 6.07 Å². The lowest BCUT2D eigenvalue weighted by molar-refractivity contribution is 0.630. The molecule has 0 fully saturated rings. The molecule has 0 saturated carbocycles. The third-order valence-electron chi connectivity index (χ3n) is 3.01. The van der Waals surface area contributed by atoms with Crippen molar-refractivity contribution in [2.75, 3.05) is 23.3 Å². The number of hydrogen-bond donors (Lipinski definition) is 1. The van der Waals surface area contributed by atoms with Crippen LogP contribution >= 0.6 is 11.6 Å². The summed E-state index contributed by atoms with van der Waals surface area (Å²) >= 11 is 5.92. The van der Waals surface area contributed by atoms with E-state index in [4.69, 9.17) is 11.6 Å². The van der Waals surface area contributed by atoms with Crippen LogP contribution in [0.5, 0.6) is 0 Å². The zero-order valence-corrected chi connectivity index (χ0v) is 12.9. The molecule has 21 heavy (non-hydrogen) atoms. The lowest BCUT2D eigenvalue weighted by atomic mass is 10.2. The molecule has 0 atom stereocenters. The summed E-state index contributed by atoms with van der Waals surface area (Å²) in [4.78, 5) is 14.3. The highest BCUT2D eigenvalue weighted by atomic mass is 35.5. The number of benzene rings is 1. The van der Waals surface area contributed by atoms with Crippen molar-refractivity contribution in [3.05, 3.63) is 34.9 Å². The van der Waals surface area contributed by atoms with Crippen LogP contribution in [0, 0.1) is 12.7 Å². The number of aromatic nitrogens is 3. The second kappa shape index (κ2) is 6.67. The monoisotopic (exact) mass is 309 g/mol. The molecule has 0 unspecified atom stereocenters. The first-order valence-electron chi connectivity index (χ1n) is 6.73. The molecule has 0 aliphatic heterocycles. The van der Waals surface area contributed by atoms with Crippen molar-refractivity contribution in [2.24, 2.45) is 0 Å². The minimum Gasteiger partial charge on any atom is -0.341 e. The maximum atomic E-state index is 13.9. The van der Waals surface area contributed by atoms with Crippen LogP contribution in [0.3, 0.4) is 0 Å². The molecule has 1 aromatic heterocycles. The molecule has 0 spiro atoms. The Hall–Kier alpha value is -1.95. The molecule has 1 N–H and O–H groups in total. The van der Waals surface area contributed by atoms with Gasteiger partial charge in [0, 0.05) is 13.1 Å². The molecule has 0 amide bonds. The lowest BCUT2D eigenvalue weighted by Crippen LogP contribution is -2.24. The van der Waals surface area contributed by atoms with E-state index in [1.807, 2.05) is 25.7 Å². The van der Waals surface area contributed by atoms with Crippen molar-refractivity contribution in [2.45, 2.75) is 20.8 Å². The molecule has 0 radical (unpaired) electrons. The topological polar surface area (TPSA) is 53.9 Å². The number of anilines is 3. The highest BCUT2D eigenvalue weighted by molar-refractivity contribution is 6.28. The van der Waals surface area contributed by atoms with Gasteiger partial charge < -0.3 is 10.2 Å². The molecular weight excluding hydrogens is 293 g/mol. The molecule has 2 rings (SSSR count). The molecule has 5 nitrogen and oxygen atoms in total. The Labute approximate surface area is 128 Å². The summed E-state index contributed by atoms with van der Waals surface area (Å²) in [7, 11) is 0. The highest BCUT2D eigenvalue weighted by Gasteiger charge is 2.11. The summed E-state index contributed by atoms with van der Waals surface area (Å²) in [5.74, 6) is 0.325. The van der Waals surface area contributed by atoms with E-state index in [0.717, 1.165) is 18.7 Å². The fraction of sp³-hybridized carbons (Fsp3) is 0.357. The van der Waals surface area contributed by atoms with Gasteiger partial charge in [0.2, 0.25) is 17.2 Å². The first kappa shape index (κ1) is 15.4. The van der Waals surface area contributed by atoms with E-state index >= 15 is 0 Å². The van der Waals surface area contributed by atoms with Crippen molar-refractivity contribution in [1.29, 1.82) is 0 Å². The highest BCUT2D eigenvalue weighted by Crippen LogP contribution is 2.21. The third-order valence-corrected chi connectivity index (χ3v) is 3.18. The summed E-state index contributed by atoms with van der Waals surface area (Å²) in [6, 6.07) is 4.88. The summed E-state index contributed by atoms with van der Waals surface area (Å²) in [6.45, 7) is 7.30. The average molecular weight is 310 g/mol. The van der Waals surface area contributed by atoms with Gasteiger partial charge in [0.05, 0.1) is 5.69 Å². The molecule has 0 aliphatic rings. The Morgan fingerprint density at radius 1 is 1.19 bits per heavy atom. The Balaban J connectivity index is 2.31. The average Bonchev–Trinajstić information content (AvgIpc) is 2.43. The maximum absolute atomic E-state index is 13.9. The van der Waals surface area contributed by atoms with Gasteiger partial charge in [0.25, 0.3) is 0 Å². The van der Waals surface area contributed by atoms with Crippen LogP contribution < -0.4 is 10.2 Å². The van der Waals surface area contributed by atoms with Gasteiger partial charge in [-0.2, -0.15) is 15.0 Å². The fourth-order valence-corrected chi connectivity index (χ4v) is 2.04. The van der Waals surface area contributed by atoms with E-state index in [-0.39, 0.29) is 17.0 Å². The van der Waals surface area contributed by atoms with Gasteiger partial charge in [-0.15, -0.1) is 0 Å². The number of aryl methyl sites for hydroxylation is 1. The molecule has 1 heterocycles. The van der Waals surface area contributed by atoms with Crippen LogP contribution in [0.25, 0.3) is 0 Å². The number of rotatable bonds is 5. The predicted octanol–water partition coefficient (Wildman–Crippen LogP) is 3.56. The van der Waals surface area contributed by atoms with Gasteiger partial charge in [-0.25, -0.2) is 4.39 Å². The summed E-state index contributed by atoms with van der Waals surface area (Å²) < 4.78 is 13.9. The second-order valence-corrected chi connectivity index (χ2v) is 4.85. The molecule has 0 bridgehead atoms. The molecule has 0 saturated heterocycles. The van der Waals surface area contributed by atoms with E-state index in [0.29, 0.717) is 11.6 Å². The second-order valence-electron chi connectivity index (χ2n) is 4.51. The molecule has 0 aliphatic carbocycles. The molecule has 112 valence electrons. The van der Waals surface area contributed by atoms with Gasteiger partial charge in [0.1, 0.15) is 5.82 Å². The van der Waals surface area contributed by atoms with Crippen molar-refractivity contribution in [3.8, 4) is 0 Å². The molecule has 1 aromatic carbocycles. The first-order chi connectivity index (χ1) is 10.0. The minimum atomic E-state index is -0.365. The number of nitrogens with zero attached hydrogens (tertiary/aromatic N) is 4. The van der Waals surface area contributed by atoms with E-state index < -0.39 is 0 Å².